The molecular weight excluding hydrogens is 360 g/mol. The summed E-state index contributed by atoms with van der Waals surface area (Å²) in [5.41, 5.74) is 3.16. The zero-order chi connectivity index (χ0) is 19.8. The van der Waals surface area contributed by atoms with Crippen LogP contribution in [-0.4, -0.2) is 22.8 Å². The Morgan fingerprint density at radius 3 is 2.22 bits per heavy atom. The van der Waals surface area contributed by atoms with E-state index < -0.39 is 6.04 Å². The molecule has 2 amide bonds. The second-order valence-electron chi connectivity index (χ2n) is 6.78. The Hall–Kier alpha value is -2.33. The van der Waals surface area contributed by atoms with Gasteiger partial charge in [-0.25, -0.2) is 0 Å². The van der Waals surface area contributed by atoms with Gasteiger partial charge in [-0.2, -0.15) is 0 Å². The Balaban J connectivity index is 2.05. The SMILES string of the molecule is CCCC(=O)N(Cc1ccc(Cl)cc1)[C@@H](C)C(=O)NCc1ccc(C)cc1. The minimum Gasteiger partial charge on any atom is -0.350 e. The number of nitrogens with one attached hydrogen (secondary N) is 1. The highest BCUT2D eigenvalue weighted by Crippen LogP contribution is 2.15. The summed E-state index contributed by atoms with van der Waals surface area (Å²) in [5.74, 6) is -0.181. The zero-order valence-corrected chi connectivity index (χ0v) is 16.9. The van der Waals surface area contributed by atoms with Gasteiger partial charge in [-0.15, -0.1) is 0 Å². The molecule has 0 heterocycles. The smallest absolute Gasteiger partial charge is 0.242 e. The van der Waals surface area contributed by atoms with Crippen LogP contribution in [0.4, 0.5) is 0 Å². The van der Waals surface area contributed by atoms with Crippen LogP contribution in [0.5, 0.6) is 0 Å². The van der Waals surface area contributed by atoms with Gasteiger partial charge in [0.15, 0.2) is 0 Å². The van der Waals surface area contributed by atoms with Gasteiger partial charge >= 0.3 is 0 Å². The van der Waals surface area contributed by atoms with Gasteiger partial charge in [0.25, 0.3) is 0 Å². The summed E-state index contributed by atoms with van der Waals surface area (Å²) < 4.78 is 0. The number of aryl methyl sites for hydroxylation is 1. The van der Waals surface area contributed by atoms with Gasteiger partial charge in [0.2, 0.25) is 11.8 Å². The third kappa shape index (κ3) is 6.40. The van der Waals surface area contributed by atoms with Crippen molar-refractivity contribution in [2.45, 2.75) is 52.7 Å². The van der Waals surface area contributed by atoms with Crippen molar-refractivity contribution >= 4 is 23.4 Å². The molecule has 0 spiro atoms. The lowest BCUT2D eigenvalue weighted by atomic mass is 10.1. The number of hydrogen-bond donors (Lipinski definition) is 1. The van der Waals surface area contributed by atoms with Crippen LogP contribution in [-0.2, 0) is 22.7 Å². The fraction of sp³-hybridized carbons (Fsp3) is 0.364. The van der Waals surface area contributed by atoms with E-state index in [9.17, 15) is 9.59 Å². The Morgan fingerprint density at radius 1 is 1.04 bits per heavy atom. The highest BCUT2D eigenvalue weighted by atomic mass is 35.5. The molecule has 2 rings (SSSR count). The standard InChI is InChI=1S/C22H27ClN2O2/c1-4-5-21(26)25(15-19-10-12-20(23)13-11-19)17(3)22(27)24-14-18-8-6-16(2)7-9-18/h6-13,17H,4-5,14-15H2,1-3H3,(H,24,27)/t17-/m0/s1. The molecule has 0 saturated heterocycles. The Kier molecular flexibility index (Phi) is 7.86. The second kappa shape index (κ2) is 10.1. The van der Waals surface area contributed by atoms with Crippen LogP contribution in [0.25, 0.3) is 0 Å². The largest absolute Gasteiger partial charge is 0.350 e. The van der Waals surface area contributed by atoms with Crippen molar-refractivity contribution in [2.24, 2.45) is 0 Å². The van der Waals surface area contributed by atoms with Crippen molar-refractivity contribution in [3.05, 3.63) is 70.2 Å². The second-order valence-corrected chi connectivity index (χ2v) is 7.21. The van der Waals surface area contributed by atoms with Gasteiger partial charge in [0.1, 0.15) is 6.04 Å². The van der Waals surface area contributed by atoms with Crippen LogP contribution in [0.2, 0.25) is 5.02 Å². The average Bonchev–Trinajstić information content (AvgIpc) is 2.66. The number of halogens is 1. The molecule has 4 nitrogen and oxygen atoms in total. The van der Waals surface area contributed by atoms with E-state index in [1.807, 2.05) is 50.2 Å². The maximum atomic E-state index is 12.7. The number of carbonyl (C=O) groups is 2. The fourth-order valence-electron chi connectivity index (χ4n) is 2.77. The molecule has 2 aromatic carbocycles. The molecule has 1 atom stereocenters. The van der Waals surface area contributed by atoms with Gasteiger partial charge in [0, 0.05) is 24.5 Å². The minimum absolute atomic E-state index is 0.0227. The maximum Gasteiger partial charge on any atom is 0.242 e. The number of carbonyl (C=O) groups excluding carboxylic acids is 2. The Morgan fingerprint density at radius 2 is 1.63 bits per heavy atom. The first kappa shape index (κ1) is 21.0. The molecule has 1 N–H and O–H groups in total. The third-order valence-corrected chi connectivity index (χ3v) is 4.74. The summed E-state index contributed by atoms with van der Waals surface area (Å²) in [4.78, 5) is 26.9. The van der Waals surface area contributed by atoms with Gasteiger partial charge < -0.3 is 10.2 Å². The average molecular weight is 387 g/mol. The first-order valence-electron chi connectivity index (χ1n) is 9.28. The van der Waals surface area contributed by atoms with Gasteiger partial charge in [-0.1, -0.05) is 60.5 Å². The highest BCUT2D eigenvalue weighted by Gasteiger charge is 2.25. The van der Waals surface area contributed by atoms with E-state index in [1.54, 1.807) is 24.0 Å². The number of benzene rings is 2. The van der Waals surface area contributed by atoms with E-state index in [1.165, 1.54) is 5.56 Å². The predicted molar refractivity (Wildman–Crippen MR) is 109 cm³/mol. The first-order chi connectivity index (χ1) is 12.9. The van der Waals surface area contributed by atoms with Gasteiger partial charge in [0.05, 0.1) is 0 Å². The van der Waals surface area contributed by atoms with Crippen LogP contribution in [0.3, 0.4) is 0 Å². The van der Waals surface area contributed by atoms with E-state index in [-0.39, 0.29) is 11.8 Å². The monoisotopic (exact) mass is 386 g/mol. The lowest BCUT2D eigenvalue weighted by Gasteiger charge is -2.29. The normalized spacial score (nSPS) is 11.7. The van der Waals surface area contributed by atoms with Crippen LogP contribution >= 0.6 is 11.6 Å². The Bertz CT molecular complexity index is 757. The van der Waals surface area contributed by atoms with E-state index >= 15 is 0 Å². The molecule has 27 heavy (non-hydrogen) atoms. The molecule has 0 aliphatic carbocycles. The van der Waals surface area contributed by atoms with E-state index in [0.29, 0.717) is 24.5 Å². The molecule has 0 saturated carbocycles. The Labute approximate surface area is 166 Å². The summed E-state index contributed by atoms with van der Waals surface area (Å²) in [5, 5.41) is 3.58. The van der Waals surface area contributed by atoms with Crippen LogP contribution in [0, 0.1) is 6.92 Å². The van der Waals surface area contributed by atoms with Crippen molar-refractivity contribution in [1.29, 1.82) is 0 Å². The number of hydrogen-bond acceptors (Lipinski definition) is 2. The van der Waals surface area contributed by atoms with E-state index in [2.05, 4.69) is 5.32 Å². The summed E-state index contributed by atoms with van der Waals surface area (Å²) in [6.45, 7) is 6.59. The molecule has 0 fully saturated rings. The number of amides is 2. The molecule has 0 radical (unpaired) electrons. The van der Waals surface area contributed by atoms with E-state index in [4.69, 9.17) is 11.6 Å². The molecule has 144 valence electrons. The number of rotatable bonds is 8. The molecule has 2 aromatic rings. The van der Waals surface area contributed by atoms with Crippen LogP contribution in [0.1, 0.15) is 43.4 Å². The summed E-state index contributed by atoms with van der Waals surface area (Å²) >= 11 is 5.94. The molecular formula is C22H27ClN2O2. The zero-order valence-electron chi connectivity index (χ0n) is 16.2. The van der Waals surface area contributed by atoms with Crippen molar-refractivity contribution in [1.82, 2.24) is 10.2 Å². The van der Waals surface area contributed by atoms with Crippen molar-refractivity contribution < 1.29 is 9.59 Å². The van der Waals surface area contributed by atoms with Crippen LogP contribution in [0.15, 0.2) is 48.5 Å². The van der Waals surface area contributed by atoms with Crippen molar-refractivity contribution in [2.75, 3.05) is 0 Å². The summed E-state index contributed by atoms with van der Waals surface area (Å²) in [6.07, 6.45) is 1.16. The van der Waals surface area contributed by atoms with Crippen molar-refractivity contribution in [3.8, 4) is 0 Å². The lowest BCUT2D eigenvalue weighted by molar-refractivity contribution is -0.140. The molecule has 0 aliphatic heterocycles. The molecule has 0 bridgehead atoms. The minimum atomic E-state index is -0.551. The summed E-state index contributed by atoms with van der Waals surface area (Å²) in [6, 6.07) is 14.8. The molecule has 0 aromatic heterocycles. The number of nitrogens with zero attached hydrogens (tertiary/aromatic N) is 1. The van der Waals surface area contributed by atoms with Gasteiger partial charge in [-0.3, -0.25) is 9.59 Å². The molecule has 0 aliphatic rings. The summed E-state index contributed by atoms with van der Waals surface area (Å²) in [7, 11) is 0. The first-order valence-corrected chi connectivity index (χ1v) is 9.65. The van der Waals surface area contributed by atoms with Crippen molar-refractivity contribution in [3.63, 3.8) is 0 Å². The predicted octanol–water partition coefficient (Wildman–Crippen LogP) is 4.48. The molecule has 5 heteroatoms. The highest BCUT2D eigenvalue weighted by molar-refractivity contribution is 6.30. The van der Waals surface area contributed by atoms with E-state index in [0.717, 1.165) is 17.5 Å². The lowest BCUT2D eigenvalue weighted by Crippen LogP contribution is -2.47. The third-order valence-electron chi connectivity index (χ3n) is 4.48. The van der Waals surface area contributed by atoms with Gasteiger partial charge in [-0.05, 0) is 43.5 Å². The van der Waals surface area contributed by atoms with Crippen LogP contribution < -0.4 is 5.32 Å². The molecule has 0 unspecified atom stereocenters. The maximum absolute atomic E-state index is 12.7. The topological polar surface area (TPSA) is 49.4 Å². The quantitative estimate of drug-likeness (QED) is 0.727. The fourth-order valence-corrected chi connectivity index (χ4v) is 2.90.